The molecule has 2 N–H and O–H groups in total. The number of primary amides is 1. The third-order valence-corrected chi connectivity index (χ3v) is 1.99. The highest BCUT2D eigenvalue weighted by atomic mass is 32.1. The fraction of sp³-hybridized carbons (Fsp3) is 0. The molecule has 0 aliphatic heterocycles. The molecule has 0 bridgehead atoms. The Morgan fingerprint density at radius 2 is 2.40 bits per heavy atom. The van der Waals surface area contributed by atoms with Gasteiger partial charge in [0.1, 0.15) is 4.88 Å². The number of thiophene rings is 1. The molecule has 4 heteroatoms. The molecule has 0 saturated carbocycles. The summed E-state index contributed by atoms with van der Waals surface area (Å²) in [5.74, 6) is -0.544. The monoisotopic (exact) mass is 155 g/mol. The highest BCUT2D eigenvalue weighted by Gasteiger charge is 2.07. The zero-order valence-electron chi connectivity index (χ0n) is 5.03. The van der Waals surface area contributed by atoms with Gasteiger partial charge in [0.05, 0.1) is 0 Å². The first-order chi connectivity index (χ1) is 4.75. The second-order valence-corrected chi connectivity index (χ2v) is 2.60. The minimum absolute atomic E-state index is 0.329. The number of aldehydes is 1. The van der Waals surface area contributed by atoms with E-state index in [1.807, 2.05) is 0 Å². The van der Waals surface area contributed by atoms with E-state index >= 15 is 0 Å². The standard InChI is InChI=1S/C6H5NO2S/c7-6(9)5-4(3-8)1-2-10-5/h1-3H,(H2,7,9). The van der Waals surface area contributed by atoms with Gasteiger partial charge in [0.15, 0.2) is 6.29 Å². The summed E-state index contributed by atoms with van der Waals surface area (Å²) in [4.78, 5) is 21.0. The van der Waals surface area contributed by atoms with E-state index in [4.69, 9.17) is 5.73 Å². The summed E-state index contributed by atoms with van der Waals surface area (Å²) < 4.78 is 0. The van der Waals surface area contributed by atoms with Crippen LogP contribution in [0.15, 0.2) is 11.4 Å². The van der Waals surface area contributed by atoms with Crippen LogP contribution in [0.1, 0.15) is 20.0 Å². The molecule has 0 saturated heterocycles. The van der Waals surface area contributed by atoms with Gasteiger partial charge in [-0.05, 0) is 11.4 Å². The molecule has 3 nitrogen and oxygen atoms in total. The topological polar surface area (TPSA) is 60.2 Å². The van der Waals surface area contributed by atoms with Crippen LogP contribution in [-0.2, 0) is 0 Å². The van der Waals surface area contributed by atoms with Crippen molar-refractivity contribution < 1.29 is 9.59 Å². The molecule has 0 spiro atoms. The maximum absolute atomic E-state index is 10.5. The summed E-state index contributed by atoms with van der Waals surface area (Å²) in [7, 11) is 0. The van der Waals surface area contributed by atoms with Crippen molar-refractivity contribution in [2.75, 3.05) is 0 Å². The largest absolute Gasteiger partial charge is 0.365 e. The Hall–Kier alpha value is -1.16. The van der Waals surface area contributed by atoms with E-state index in [0.29, 0.717) is 16.7 Å². The molecule has 0 aliphatic carbocycles. The predicted octanol–water partition coefficient (Wildman–Crippen LogP) is 0.660. The van der Waals surface area contributed by atoms with E-state index in [9.17, 15) is 9.59 Å². The van der Waals surface area contributed by atoms with Crippen LogP contribution in [0, 0.1) is 0 Å². The van der Waals surface area contributed by atoms with Crippen LogP contribution in [0.25, 0.3) is 0 Å². The van der Waals surface area contributed by atoms with Crippen LogP contribution in [-0.4, -0.2) is 12.2 Å². The number of hydrogen-bond donors (Lipinski definition) is 1. The molecular formula is C6H5NO2S. The smallest absolute Gasteiger partial charge is 0.259 e. The maximum Gasteiger partial charge on any atom is 0.259 e. The van der Waals surface area contributed by atoms with Crippen molar-refractivity contribution >= 4 is 23.5 Å². The third-order valence-electron chi connectivity index (χ3n) is 1.05. The highest BCUT2D eigenvalue weighted by molar-refractivity contribution is 7.12. The molecule has 0 aliphatic rings. The Morgan fingerprint density at radius 3 is 2.80 bits per heavy atom. The molecule has 0 atom stereocenters. The molecule has 10 heavy (non-hydrogen) atoms. The Bertz CT molecular complexity index is 266. The zero-order chi connectivity index (χ0) is 7.56. The lowest BCUT2D eigenvalue weighted by molar-refractivity contribution is 0.0997. The zero-order valence-corrected chi connectivity index (χ0v) is 5.85. The summed E-state index contributed by atoms with van der Waals surface area (Å²) in [5.41, 5.74) is 5.32. The summed E-state index contributed by atoms with van der Waals surface area (Å²) >= 11 is 1.18. The Morgan fingerprint density at radius 1 is 1.70 bits per heavy atom. The Kier molecular flexibility index (Phi) is 1.82. The molecule has 0 aromatic carbocycles. The van der Waals surface area contributed by atoms with Crippen LogP contribution in [0.3, 0.4) is 0 Å². The molecule has 0 fully saturated rings. The summed E-state index contributed by atoms with van der Waals surface area (Å²) in [6.07, 6.45) is 0.622. The number of carbonyl (C=O) groups excluding carboxylic acids is 2. The van der Waals surface area contributed by atoms with Gasteiger partial charge in [0.2, 0.25) is 0 Å². The number of hydrogen-bond acceptors (Lipinski definition) is 3. The van der Waals surface area contributed by atoms with Gasteiger partial charge in [-0.15, -0.1) is 11.3 Å². The summed E-state index contributed by atoms with van der Waals surface area (Å²) in [6.45, 7) is 0. The van der Waals surface area contributed by atoms with Gasteiger partial charge in [0.25, 0.3) is 5.91 Å². The van der Waals surface area contributed by atoms with Gasteiger partial charge in [-0.25, -0.2) is 0 Å². The average Bonchev–Trinajstić information content (AvgIpc) is 2.33. The van der Waals surface area contributed by atoms with Crippen molar-refractivity contribution in [1.29, 1.82) is 0 Å². The first kappa shape index (κ1) is 6.95. The van der Waals surface area contributed by atoms with Crippen molar-refractivity contribution in [2.45, 2.75) is 0 Å². The third kappa shape index (κ3) is 1.06. The van der Waals surface area contributed by atoms with Gasteiger partial charge >= 0.3 is 0 Å². The van der Waals surface area contributed by atoms with Crippen LogP contribution in [0.5, 0.6) is 0 Å². The minimum Gasteiger partial charge on any atom is -0.365 e. The van der Waals surface area contributed by atoms with Gasteiger partial charge in [-0.3, -0.25) is 9.59 Å². The van der Waals surface area contributed by atoms with E-state index in [1.165, 1.54) is 11.3 Å². The van der Waals surface area contributed by atoms with Crippen molar-refractivity contribution in [3.63, 3.8) is 0 Å². The van der Waals surface area contributed by atoms with Crippen LogP contribution < -0.4 is 5.73 Å². The second-order valence-electron chi connectivity index (χ2n) is 1.69. The van der Waals surface area contributed by atoms with E-state index in [0.717, 1.165) is 0 Å². The molecular weight excluding hydrogens is 150 g/mol. The molecule has 1 aromatic heterocycles. The van der Waals surface area contributed by atoms with Crippen molar-refractivity contribution in [1.82, 2.24) is 0 Å². The van der Waals surface area contributed by atoms with Crippen LogP contribution in [0.4, 0.5) is 0 Å². The SMILES string of the molecule is NC(=O)c1sccc1C=O. The Labute approximate surface area is 61.5 Å². The molecule has 1 aromatic rings. The van der Waals surface area contributed by atoms with Crippen LogP contribution in [0.2, 0.25) is 0 Å². The molecule has 1 rings (SSSR count). The lowest BCUT2D eigenvalue weighted by atomic mass is 10.3. The van der Waals surface area contributed by atoms with Crippen molar-refractivity contribution in [3.05, 3.63) is 21.9 Å². The molecule has 0 unspecified atom stereocenters. The van der Waals surface area contributed by atoms with E-state index in [2.05, 4.69) is 0 Å². The van der Waals surface area contributed by atoms with Crippen LogP contribution >= 0.6 is 11.3 Å². The van der Waals surface area contributed by atoms with E-state index in [-0.39, 0.29) is 0 Å². The molecule has 52 valence electrons. The second kappa shape index (κ2) is 2.62. The molecule has 1 amide bonds. The van der Waals surface area contributed by atoms with E-state index in [1.54, 1.807) is 11.4 Å². The quantitative estimate of drug-likeness (QED) is 0.638. The van der Waals surface area contributed by atoms with Gasteiger partial charge in [-0.1, -0.05) is 0 Å². The average molecular weight is 155 g/mol. The van der Waals surface area contributed by atoms with Gasteiger partial charge in [0, 0.05) is 5.56 Å². The molecule has 1 heterocycles. The first-order valence-electron chi connectivity index (χ1n) is 2.58. The Balaban J connectivity index is 3.13. The number of rotatable bonds is 2. The van der Waals surface area contributed by atoms with Crippen molar-refractivity contribution in [2.24, 2.45) is 5.73 Å². The van der Waals surface area contributed by atoms with Gasteiger partial charge in [-0.2, -0.15) is 0 Å². The fourth-order valence-corrected chi connectivity index (χ4v) is 1.33. The number of nitrogens with two attached hydrogens (primary N) is 1. The van der Waals surface area contributed by atoms with Gasteiger partial charge < -0.3 is 5.73 Å². The maximum atomic E-state index is 10.5. The number of amides is 1. The highest BCUT2D eigenvalue weighted by Crippen LogP contribution is 2.13. The van der Waals surface area contributed by atoms with Crippen molar-refractivity contribution in [3.8, 4) is 0 Å². The molecule has 0 radical (unpaired) electrons. The summed E-state index contributed by atoms with van der Waals surface area (Å²) in [6, 6.07) is 1.57. The minimum atomic E-state index is -0.544. The fourth-order valence-electron chi connectivity index (χ4n) is 0.612. The van der Waals surface area contributed by atoms with E-state index < -0.39 is 5.91 Å². The first-order valence-corrected chi connectivity index (χ1v) is 3.46. The predicted molar refractivity (Wildman–Crippen MR) is 38.2 cm³/mol. The normalized spacial score (nSPS) is 9.20. The lowest BCUT2D eigenvalue weighted by Crippen LogP contribution is -2.10. The lowest BCUT2D eigenvalue weighted by Gasteiger charge is -1.86. The number of carbonyl (C=O) groups is 2. The summed E-state index contributed by atoms with van der Waals surface area (Å²) in [5, 5.41) is 1.66.